The molecule has 1 aromatic carbocycles. The van der Waals surface area contributed by atoms with E-state index in [9.17, 15) is 19.2 Å². The van der Waals surface area contributed by atoms with Crippen molar-refractivity contribution in [2.24, 2.45) is 11.8 Å². The smallest absolute Gasteiger partial charge is 0.307 e. The number of carbonyl (C=O) groups is 4. The van der Waals surface area contributed by atoms with Gasteiger partial charge in [0.25, 0.3) is 0 Å². The summed E-state index contributed by atoms with van der Waals surface area (Å²) in [6.45, 7) is 1.44. The van der Waals surface area contributed by atoms with Crippen LogP contribution < -0.4 is 4.90 Å². The van der Waals surface area contributed by atoms with Gasteiger partial charge in [0.1, 0.15) is 6.61 Å². The summed E-state index contributed by atoms with van der Waals surface area (Å²) < 4.78 is 5.28. The number of esters is 1. The molecule has 0 saturated carbocycles. The largest absolute Gasteiger partial charge is 0.459 e. The van der Waals surface area contributed by atoms with Crippen molar-refractivity contribution >= 4 is 45.8 Å². The number of rotatable bonds is 7. The van der Waals surface area contributed by atoms with Gasteiger partial charge in [-0.1, -0.05) is 30.4 Å². The molecule has 4 rings (SSSR count). The summed E-state index contributed by atoms with van der Waals surface area (Å²) >= 11 is 1.28. The predicted molar refractivity (Wildman–Crippen MR) is 118 cm³/mol. The normalized spacial score (nSPS) is 19.7. The molecule has 1 aromatic heterocycles. The highest BCUT2D eigenvalue weighted by molar-refractivity contribution is 7.14. The van der Waals surface area contributed by atoms with Crippen molar-refractivity contribution in [1.29, 1.82) is 0 Å². The number of benzene rings is 1. The molecule has 1 fully saturated rings. The first kappa shape index (κ1) is 21.9. The van der Waals surface area contributed by atoms with Gasteiger partial charge in [-0.25, -0.2) is 4.98 Å². The molecule has 0 unspecified atom stereocenters. The van der Waals surface area contributed by atoms with Crippen molar-refractivity contribution in [3.63, 3.8) is 0 Å². The summed E-state index contributed by atoms with van der Waals surface area (Å²) in [5.74, 6) is -1.70. The summed E-state index contributed by atoms with van der Waals surface area (Å²) in [5, 5.41) is 2.21. The fraction of sp³-hybridized carbons (Fsp3) is 0.348. The molecule has 3 amide bonds. The van der Waals surface area contributed by atoms with Crippen LogP contribution in [0.15, 0.2) is 47.9 Å². The number of amides is 3. The molecular weight excluding hydrogens is 430 g/mol. The lowest BCUT2D eigenvalue weighted by Crippen LogP contribution is -2.33. The average Bonchev–Trinajstić information content (AvgIpc) is 3.35. The van der Waals surface area contributed by atoms with Gasteiger partial charge in [-0.2, -0.15) is 0 Å². The van der Waals surface area contributed by atoms with Gasteiger partial charge in [-0.05, 0) is 25.0 Å². The lowest BCUT2D eigenvalue weighted by Gasteiger charge is -2.17. The summed E-state index contributed by atoms with van der Waals surface area (Å²) in [4.78, 5) is 56.3. The molecule has 166 valence electrons. The molecule has 9 heteroatoms. The zero-order valence-corrected chi connectivity index (χ0v) is 18.4. The van der Waals surface area contributed by atoms with Crippen LogP contribution in [0.25, 0.3) is 0 Å². The zero-order valence-electron chi connectivity index (χ0n) is 17.6. The Hall–Kier alpha value is -3.33. The first-order chi connectivity index (χ1) is 15.5. The Bertz CT molecular complexity index is 1040. The Balaban J connectivity index is 1.30. The first-order valence-corrected chi connectivity index (χ1v) is 11.3. The molecule has 2 atom stereocenters. The van der Waals surface area contributed by atoms with E-state index >= 15 is 0 Å². The Morgan fingerprint density at radius 3 is 2.41 bits per heavy atom. The van der Waals surface area contributed by atoms with E-state index in [1.807, 2.05) is 42.5 Å². The van der Waals surface area contributed by atoms with Crippen LogP contribution in [0.1, 0.15) is 31.9 Å². The van der Waals surface area contributed by atoms with Gasteiger partial charge < -0.3 is 4.74 Å². The van der Waals surface area contributed by atoms with E-state index in [2.05, 4.69) is 4.98 Å². The van der Waals surface area contributed by atoms with Crippen LogP contribution in [0, 0.1) is 11.8 Å². The van der Waals surface area contributed by atoms with Crippen molar-refractivity contribution in [2.45, 2.75) is 32.8 Å². The molecular formula is C23H23N3O5S. The third-order valence-electron chi connectivity index (χ3n) is 5.58. The van der Waals surface area contributed by atoms with Gasteiger partial charge in [0.2, 0.25) is 17.7 Å². The van der Waals surface area contributed by atoms with Crippen molar-refractivity contribution in [3.05, 3.63) is 53.6 Å². The van der Waals surface area contributed by atoms with Crippen molar-refractivity contribution in [3.8, 4) is 0 Å². The molecule has 1 saturated heterocycles. The molecule has 0 spiro atoms. The number of imide groups is 1. The summed E-state index contributed by atoms with van der Waals surface area (Å²) in [6.07, 6.45) is 4.94. The average molecular weight is 454 g/mol. The standard InChI is InChI=1S/C23H23N3O5S/c1-15(27)26(17-7-3-2-4-8-17)23-24-16(14-32-23)13-31-20(28)11-12-25-21(29)18-9-5-6-10-19(18)22(25)30/h2-8,14,18-19H,9-13H2,1H3/t18-,19-/m1/s1. The van der Waals surface area contributed by atoms with Gasteiger partial charge in [0.15, 0.2) is 5.13 Å². The van der Waals surface area contributed by atoms with Crippen molar-refractivity contribution in [2.75, 3.05) is 11.4 Å². The van der Waals surface area contributed by atoms with Crippen LogP contribution in [0.3, 0.4) is 0 Å². The van der Waals surface area contributed by atoms with Crippen LogP contribution in [0.4, 0.5) is 10.8 Å². The molecule has 2 heterocycles. The lowest BCUT2D eigenvalue weighted by molar-refractivity contribution is -0.147. The molecule has 8 nitrogen and oxygen atoms in total. The van der Waals surface area contributed by atoms with Gasteiger partial charge in [-0.15, -0.1) is 11.3 Å². The second-order valence-electron chi connectivity index (χ2n) is 7.71. The monoisotopic (exact) mass is 453 g/mol. The molecule has 32 heavy (non-hydrogen) atoms. The molecule has 1 aliphatic heterocycles. The Kier molecular flexibility index (Phi) is 6.45. The van der Waals surface area contributed by atoms with E-state index in [4.69, 9.17) is 4.74 Å². The first-order valence-electron chi connectivity index (χ1n) is 10.4. The SMILES string of the molecule is CC(=O)N(c1ccccc1)c1nc(COC(=O)CCN2C(=O)[C@@H]3CC=CC[C@H]3C2=O)cs1. The number of thiazole rings is 1. The van der Waals surface area contributed by atoms with Crippen LogP contribution in [-0.2, 0) is 30.5 Å². The predicted octanol–water partition coefficient (Wildman–Crippen LogP) is 3.21. The quantitative estimate of drug-likeness (QED) is 0.363. The number of likely N-dealkylation sites (tertiary alicyclic amines) is 1. The fourth-order valence-electron chi connectivity index (χ4n) is 3.99. The summed E-state index contributed by atoms with van der Waals surface area (Å²) in [7, 11) is 0. The Morgan fingerprint density at radius 1 is 1.12 bits per heavy atom. The number of nitrogens with zero attached hydrogens (tertiary/aromatic N) is 3. The number of fused-ring (bicyclic) bond motifs is 1. The Morgan fingerprint density at radius 2 is 1.78 bits per heavy atom. The van der Waals surface area contributed by atoms with E-state index in [1.54, 1.807) is 5.38 Å². The highest BCUT2D eigenvalue weighted by atomic mass is 32.1. The van der Waals surface area contributed by atoms with E-state index in [-0.39, 0.29) is 49.1 Å². The maximum atomic E-state index is 12.5. The number of hydrogen-bond acceptors (Lipinski definition) is 7. The van der Waals surface area contributed by atoms with Crippen LogP contribution in [0.5, 0.6) is 0 Å². The number of aromatic nitrogens is 1. The molecule has 0 radical (unpaired) electrons. The molecule has 2 aromatic rings. The maximum Gasteiger partial charge on any atom is 0.307 e. The van der Waals surface area contributed by atoms with Gasteiger partial charge >= 0.3 is 5.97 Å². The van der Waals surface area contributed by atoms with E-state index in [0.717, 1.165) is 0 Å². The number of hydrogen-bond donors (Lipinski definition) is 0. The minimum Gasteiger partial charge on any atom is -0.459 e. The van der Waals surface area contributed by atoms with Gasteiger partial charge in [0, 0.05) is 18.8 Å². The minimum atomic E-state index is -0.514. The minimum absolute atomic E-state index is 0.0257. The lowest BCUT2D eigenvalue weighted by atomic mass is 9.85. The molecule has 0 bridgehead atoms. The number of ether oxygens (including phenoxy) is 1. The summed E-state index contributed by atoms with van der Waals surface area (Å²) in [6, 6.07) is 9.17. The van der Waals surface area contributed by atoms with E-state index < -0.39 is 5.97 Å². The second-order valence-corrected chi connectivity index (χ2v) is 8.54. The number of allylic oxidation sites excluding steroid dienone is 2. The van der Waals surface area contributed by atoms with E-state index in [0.29, 0.717) is 29.4 Å². The molecule has 1 aliphatic carbocycles. The van der Waals surface area contributed by atoms with Crippen molar-refractivity contribution in [1.82, 2.24) is 9.88 Å². The summed E-state index contributed by atoms with van der Waals surface area (Å²) in [5.41, 5.74) is 1.22. The zero-order chi connectivity index (χ0) is 22.7. The third-order valence-corrected chi connectivity index (χ3v) is 6.45. The van der Waals surface area contributed by atoms with Gasteiger partial charge in [0.05, 0.1) is 29.6 Å². The van der Waals surface area contributed by atoms with Crippen molar-refractivity contribution < 1.29 is 23.9 Å². The van der Waals surface area contributed by atoms with Crippen LogP contribution in [-0.4, -0.2) is 40.1 Å². The third kappa shape index (κ3) is 4.47. The highest BCUT2D eigenvalue weighted by Crippen LogP contribution is 2.35. The maximum absolute atomic E-state index is 12.5. The van der Waals surface area contributed by atoms with Crippen LogP contribution in [0.2, 0.25) is 0 Å². The molecule has 2 aliphatic rings. The fourth-order valence-corrected chi connectivity index (χ4v) is 4.86. The number of anilines is 2. The molecule has 0 N–H and O–H groups in total. The number of para-hydroxylation sites is 1. The van der Waals surface area contributed by atoms with Crippen LogP contribution >= 0.6 is 11.3 Å². The Labute approximate surface area is 189 Å². The number of carbonyl (C=O) groups excluding carboxylic acids is 4. The van der Waals surface area contributed by atoms with E-state index in [1.165, 1.54) is 28.1 Å². The van der Waals surface area contributed by atoms with Gasteiger partial charge in [-0.3, -0.25) is 29.0 Å². The second kappa shape index (κ2) is 9.44. The highest BCUT2D eigenvalue weighted by Gasteiger charge is 2.46. The topological polar surface area (TPSA) is 96.9 Å².